The Morgan fingerprint density at radius 1 is 1.30 bits per heavy atom. The molecule has 3 rings (SSSR count). The molecule has 0 aliphatic carbocycles. The molecule has 0 saturated heterocycles. The fourth-order valence-electron chi connectivity index (χ4n) is 2.21. The SMILES string of the molecule is Cc1cccc(CN(C)c2cc(Cl)nc3ncnn23)c1. The van der Waals surface area contributed by atoms with E-state index in [2.05, 4.69) is 51.2 Å². The van der Waals surface area contributed by atoms with Crippen LogP contribution in [0, 0.1) is 6.92 Å². The molecule has 102 valence electrons. The number of aromatic nitrogens is 4. The molecule has 0 aliphatic heterocycles. The van der Waals surface area contributed by atoms with Crippen molar-refractivity contribution in [3.63, 3.8) is 0 Å². The number of hydrogen-bond acceptors (Lipinski definition) is 4. The molecule has 0 atom stereocenters. The van der Waals surface area contributed by atoms with Gasteiger partial charge < -0.3 is 4.90 Å². The number of nitrogens with zero attached hydrogens (tertiary/aromatic N) is 5. The topological polar surface area (TPSA) is 46.3 Å². The van der Waals surface area contributed by atoms with Crippen molar-refractivity contribution in [3.8, 4) is 0 Å². The summed E-state index contributed by atoms with van der Waals surface area (Å²) in [6.45, 7) is 2.85. The van der Waals surface area contributed by atoms with E-state index in [9.17, 15) is 0 Å². The Balaban J connectivity index is 1.96. The van der Waals surface area contributed by atoms with Crippen LogP contribution >= 0.6 is 11.6 Å². The van der Waals surface area contributed by atoms with E-state index in [0.717, 1.165) is 12.4 Å². The van der Waals surface area contributed by atoms with Gasteiger partial charge in [0.05, 0.1) is 0 Å². The summed E-state index contributed by atoms with van der Waals surface area (Å²) in [7, 11) is 2.00. The predicted molar refractivity (Wildman–Crippen MR) is 79.1 cm³/mol. The van der Waals surface area contributed by atoms with Crippen LogP contribution in [0.1, 0.15) is 11.1 Å². The monoisotopic (exact) mass is 287 g/mol. The number of fused-ring (bicyclic) bond motifs is 1. The standard InChI is InChI=1S/C14H14ClN5/c1-10-4-3-5-11(6-10)8-19(2)13-7-12(15)18-14-16-9-17-20(13)14/h3-7,9H,8H2,1-2H3. The van der Waals surface area contributed by atoms with Crippen LogP contribution in [0.25, 0.3) is 5.78 Å². The highest BCUT2D eigenvalue weighted by atomic mass is 35.5. The van der Waals surface area contributed by atoms with Crippen molar-refractivity contribution in [2.75, 3.05) is 11.9 Å². The lowest BCUT2D eigenvalue weighted by Crippen LogP contribution is -2.20. The zero-order valence-corrected chi connectivity index (χ0v) is 12.0. The molecule has 1 aromatic carbocycles. The Morgan fingerprint density at radius 3 is 2.95 bits per heavy atom. The lowest BCUT2D eigenvalue weighted by atomic mass is 10.1. The van der Waals surface area contributed by atoms with E-state index >= 15 is 0 Å². The van der Waals surface area contributed by atoms with Gasteiger partial charge in [0.15, 0.2) is 0 Å². The van der Waals surface area contributed by atoms with Crippen LogP contribution in [0.15, 0.2) is 36.7 Å². The number of anilines is 1. The van der Waals surface area contributed by atoms with Crippen LogP contribution in [-0.2, 0) is 6.54 Å². The maximum Gasteiger partial charge on any atom is 0.255 e. The average Bonchev–Trinajstić information content (AvgIpc) is 2.85. The normalized spacial score (nSPS) is 10.9. The van der Waals surface area contributed by atoms with Gasteiger partial charge in [-0.2, -0.15) is 19.6 Å². The first-order valence-electron chi connectivity index (χ1n) is 6.26. The van der Waals surface area contributed by atoms with Crippen LogP contribution in [0.5, 0.6) is 0 Å². The van der Waals surface area contributed by atoms with Gasteiger partial charge in [-0.3, -0.25) is 0 Å². The third kappa shape index (κ3) is 2.44. The fourth-order valence-corrected chi connectivity index (χ4v) is 2.38. The lowest BCUT2D eigenvalue weighted by molar-refractivity contribution is 0.831. The van der Waals surface area contributed by atoms with Crippen LogP contribution < -0.4 is 4.90 Å². The van der Waals surface area contributed by atoms with E-state index in [4.69, 9.17) is 11.6 Å². The first-order chi connectivity index (χ1) is 9.63. The molecular weight excluding hydrogens is 274 g/mol. The molecule has 0 amide bonds. The second kappa shape index (κ2) is 5.09. The van der Waals surface area contributed by atoms with Crippen molar-refractivity contribution in [2.45, 2.75) is 13.5 Å². The number of benzene rings is 1. The second-order valence-corrected chi connectivity index (χ2v) is 5.14. The van der Waals surface area contributed by atoms with E-state index in [1.165, 1.54) is 17.5 Å². The maximum atomic E-state index is 6.03. The van der Waals surface area contributed by atoms with E-state index in [0.29, 0.717) is 10.9 Å². The van der Waals surface area contributed by atoms with Gasteiger partial charge in [-0.1, -0.05) is 41.4 Å². The fraction of sp³-hybridized carbons (Fsp3) is 0.214. The highest BCUT2D eigenvalue weighted by molar-refractivity contribution is 6.29. The first-order valence-corrected chi connectivity index (χ1v) is 6.64. The molecule has 6 heteroatoms. The summed E-state index contributed by atoms with van der Waals surface area (Å²) < 4.78 is 1.68. The third-order valence-electron chi connectivity index (χ3n) is 3.10. The molecule has 2 heterocycles. The molecule has 20 heavy (non-hydrogen) atoms. The summed E-state index contributed by atoms with van der Waals surface area (Å²) >= 11 is 6.03. The second-order valence-electron chi connectivity index (χ2n) is 4.75. The molecule has 0 saturated carbocycles. The number of halogens is 1. The minimum absolute atomic E-state index is 0.414. The van der Waals surface area contributed by atoms with Gasteiger partial charge in [0.25, 0.3) is 5.78 Å². The van der Waals surface area contributed by atoms with Crippen molar-refractivity contribution in [1.29, 1.82) is 0 Å². The van der Waals surface area contributed by atoms with Crippen molar-refractivity contribution in [3.05, 3.63) is 52.9 Å². The quantitative estimate of drug-likeness (QED) is 0.695. The lowest BCUT2D eigenvalue weighted by Gasteiger charge is -2.20. The smallest absolute Gasteiger partial charge is 0.255 e. The van der Waals surface area contributed by atoms with E-state index in [1.807, 2.05) is 7.05 Å². The molecule has 3 aromatic rings. The molecule has 0 unspecified atom stereocenters. The van der Waals surface area contributed by atoms with Crippen LogP contribution in [0.2, 0.25) is 5.15 Å². The first kappa shape index (κ1) is 12.9. The number of aryl methyl sites for hydroxylation is 1. The molecule has 0 radical (unpaired) electrons. The van der Waals surface area contributed by atoms with Gasteiger partial charge in [-0.25, -0.2) is 0 Å². The molecule has 0 bridgehead atoms. The van der Waals surface area contributed by atoms with E-state index in [-0.39, 0.29) is 0 Å². The molecule has 0 fully saturated rings. The average molecular weight is 288 g/mol. The minimum atomic E-state index is 0.414. The van der Waals surface area contributed by atoms with E-state index < -0.39 is 0 Å². The van der Waals surface area contributed by atoms with Gasteiger partial charge in [0.2, 0.25) is 0 Å². The molecule has 0 spiro atoms. The number of hydrogen-bond donors (Lipinski definition) is 0. The summed E-state index contributed by atoms with van der Waals surface area (Å²) in [6.07, 6.45) is 1.47. The molecule has 0 aliphatic rings. The van der Waals surface area contributed by atoms with Gasteiger partial charge in [0, 0.05) is 19.7 Å². The van der Waals surface area contributed by atoms with Crippen molar-refractivity contribution in [2.24, 2.45) is 0 Å². The highest BCUT2D eigenvalue weighted by Gasteiger charge is 2.11. The summed E-state index contributed by atoms with van der Waals surface area (Å²) in [5, 5.41) is 4.60. The van der Waals surface area contributed by atoms with Gasteiger partial charge in [-0.05, 0) is 12.5 Å². The predicted octanol–water partition coefficient (Wildman–Crippen LogP) is 2.72. The summed E-state index contributed by atoms with van der Waals surface area (Å²) in [5.74, 6) is 1.36. The van der Waals surface area contributed by atoms with Crippen LogP contribution in [0.3, 0.4) is 0 Å². The Morgan fingerprint density at radius 2 is 2.15 bits per heavy atom. The van der Waals surface area contributed by atoms with Crippen molar-refractivity contribution < 1.29 is 0 Å². The summed E-state index contributed by atoms with van der Waals surface area (Å²) in [5.41, 5.74) is 2.48. The zero-order valence-electron chi connectivity index (χ0n) is 11.3. The van der Waals surface area contributed by atoms with Crippen LogP contribution in [-0.4, -0.2) is 26.6 Å². The number of rotatable bonds is 3. The zero-order chi connectivity index (χ0) is 14.1. The summed E-state index contributed by atoms with van der Waals surface area (Å²) in [4.78, 5) is 10.3. The van der Waals surface area contributed by atoms with Crippen molar-refractivity contribution >= 4 is 23.2 Å². The maximum absolute atomic E-state index is 6.03. The Kier molecular flexibility index (Phi) is 3.28. The van der Waals surface area contributed by atoms with Gasteiger partial charge in [0.1, 0.15) is 17.3 Å². The minimum Gasteiger partial charge on any atom is -0.355 e. The largest absolute Gasteiger partial charge is 0.355 e. The van der Waals surface area contributed by atoms with Gasteiger partial charge in [-0.15, -0.1) is 0 Å². The molecule has 5 nitrogen and oxygen atoms in total. The molecular formula is C14H14ClN5. The Labute approximate surface area is 121 Å². The summed E-state index contributed by atoms with van der Waals surface area (Å²) in [6, 6.07) is 10.2. The highest BCUT2D eigenvalue weighted by Crippen LogP contribution is 2.19. The Bertz CT molecular complexity index is 752. The molecule has 2 aromatic heterocycles. The molecule has 0 N–H and O–H groups in total. The van der Waals surface area contributed by atoms with Crippen molar-refractivity contribution in [1.82, 2.24) is 19.6 Å². The third-order valence-corrected chi connectivity index (χ3v) is 3.29. The Hall–Kier alpha value is -2.14. The van der Waals surface area contributed by atoms with Crippen LogP contribution in [0.4, 0.5) is 5.82 Å². The van der Waals surface area contributed by atoms with Gasteiger partial charge >= 0.3 is 0 Å². The van der Waals surface area contributed by atoms with E-state index in [1.54, 1.807) is 10.6 Å².